The van der Waals surface area contributed by atoms with E-state index in [0.29, 0.717) is 17.4 Å². The molecule has 0 spiro atoms. The summed E-state index contributed by atoms with van der Waals surface area (Å²) in [5, 5.41) is 0. The number of anilines is 1. The third-order valence-electron chi connectivity index (χ3n) is 3.70. The summed E-state index contributed by atoms with van der Waals surface area (Å²) < 4.78 is 7.35. The van der Waals surface area contributed by atoms with Crippen molar-refractivity contribution in [3.63, 3.8) is 0 Å². The zero-order valence-corrected chi connectivity index (χ0v) is 10.4. The standard InChI is InChI=1S/C13H17N3O/c1-13(2)7-11(13)16-10-5-4-8(17-3)6-9(10)15-12(16)14/h4-6,11H,7H2,1-3H3,(H2,14,15). The highest BCUT2D eigenvalue weighted by molar-refractivity contribution is 5.80. The highest BCUT2D eigenvalue weighted by Crippen LogP contribution is 2.57. The van der Waals surface area contributed by atoms with E-state index in [4.69, 9.17) is 10.5 Å². The summed E-state index contributed by atoms with van der Waals surface area (Å²) in [6, 6.07) is 6.39. The first-order chi connectivity index (χ1) is 8.03. The first-order valence-corrected chi connectivity index (χ1v) is 5.84. The van der Waals surface area contributed by atoms with Crippen LogP contribution in [0.3, 0.4) is 0 Å². The Hall–Kier alpha value is -1.71. The maximum absolute atomic E-state index is 6.02. The van der Waals surface area contributed by atoms with Crippen LogP contribution in [0.1, 0.15) is 26.3 Å². The van der Waals surface area contributed by atoms with Crippen molar-refractivity contribution in [1.82, 2.24) is 9.55 Å². The van der Waals surface area contributed by atoms with Crippen LogP contribution in [0.5, 0.6) is 5.75 Å². The summed E-state index contributed by atoms with van der Waals surface area (Å²) in [5.41, 5.74) is 8.36. The van der Waals surface area contributed by atoms with Gasteiger partial charge < -0.3 is 15.0 Å². The lowest BCUT2D eigenvalue weighted by Gasteiger charge is -2.08. The molecule has 4 nitrogen and oxygen atoms in total. The Morgan fingerprint density at radius 3 is 2.76 bits per heavy atom. The molecule has 17 heavy (non-hydrogen) atoms. The van der Waals surface area contributed by atoms with E-state index >= 15 is 0 Å². The quantitative estimate of drug-likeness (QED) is 0.864. The van der Waals surface area contributed by atoms with Crippen LogP contribution in [0, 0.1) is 5.41 Å². The predicted octanol–water partition coefficient (Wildman–Crippen LogP) is 2.60. The van der Waals surface area contributed by atoms with Crippen molar-refractivity contribution in [3.8, 4) is 5.75 Å². The van der Waals surface area contributed by atoms with Crippen molar-refractivity contribution in [3.05, 3.63) is 18.2 Å². The Balaban J connectivity index is 2.16. The maximum atomic E-state index is 6.02. The number of nitrogens with zero attached hydrogens (tertiary/aromatic N) is 2. The number of fused-ring (bicyclic) bond motifs is 1. The van der Waals surface area contributed by atoms with Gasteiger partial charge in [0.05, 0.1) is 18.1 Å². The van der Waals surface area contributed by atoms with E-state index < -0.39 is 0 Å². The maximum Gasteiger partial charge on any atom is 0.201 e. The third kappa shape index (κ3) is 1.47. The molecule has 1 aromatic carbocycles. The molecule has 2 aromatic rings. The van der Waals surface area contributed by atoms with Crippen molar-refractivity contribution in [2.24, 2.45) is 5.41 Å². The van der Waals surface area contributed by atoms with Crippen LogP contribution in [0.15, 0.2) is 18.2 Å². The molecule has 2 N–H and O–H groups in total. The molecule has 1 unspecified atom stereocenters. The van der Waals surface area contributed by atoms with Gasteiger partial charge in [-0.05, 0) is 24.0 Å². The zero-order valence-electron chi connectivity index (χ0n) is 10.4. The molecule has 90 valence electrons. The van der Waals surface area contributed by atoms with E-state index in [1.54, 1.807) is 7.11 Å². The van der Waals surface area contributed by atoms with Crippen molar-refractivity contribution in [2.75, 3.05) is 12.8 Å². The molecule has 0 bridgehead atoms. The number of methoxy groups -OCH3 is 1. The van der Waals surface area contributed by atoms with Crippen LogP contribution in [-0.4, -0.2) is 16.7 Å². The van der Waals surface area contributed by atoms with Gasteiger partial charge in [0.15, 0.2) is 0 Å². The van der Waals surface area contributed by atoms with Gasteiger partial charge >= 0.3 is 0 Å². The number of benzene rings is 1. The molecule has 1 saturated carbocycles. The SMILES string of the molecule is COc1ccc2c(c1)nc(N)n2C1CC1(C)C. The predicted molar refractivity (Wildman–Crippen MR) is 68.1 cm³/mol. The van der Waals surface area contributed by atoms with Crippen LogP contribution in [0.25, 0.3) is 11.0 Å². The van der Waals surface area contributed by atoms with Gasteiger partial charge in [0.1, 0.15) is 5.75 Å². The van der Waals surface area contributed by atoms with E-state index in [0.717, 1.165) is 23.2 Å². The Morgan fingerprint density at radius 1 is 1.47 bits per heavy atom. The summed E-state index contributed by atoms with van der Waals surface area (Å²) in [6.07, 6.45) is 1.16. The Labute approximate surface area is 100 Å². The van der Waals surface area contributed by atoms with Crippen LogP contribution in [0.2, 0.25) is 0 Å². The second kappa shape index (κ2) is 3.15. The lowest BCUT2D eigenvalue weighted by atomic mass is 10.2. The molecule has 1 fully saturated rings. The van der Waals surface area contributed by atoms with Gasteiger partial charge in [0, 0.05) is 12.1 Å². The first kappa shape index (κ1) is 10.4. The molecular weight excluding hydrogens is 214 g/mol. The molecule has 0 saturated heterocycles. The highest BCUT2D eigenvalue weighted by Gasteiger charge is 2.48. The number of aromatic nitrogens is 2. The zero-order chi connectivity index (χ0) is 12.2. The Bertz CT molecular complexity index is 586. The highest BCUT2D eigenvalue weighted by atomic mass is 16.5. The van der Waals surface area contributed by atoms with E-state index in [9.17, 15) is 0 Å². The number of imidazole rings is 1. The lowest BCUT2D eigenvalue weighted by molar-refractivity contribution is 0.415. The molecule has 1 atom stereocenters. The van der Waals surface area contributed by atoms with Crippen molar-refractivity contribution in [1.29, 1.82) is 0 Å². The van der Waals surface area contributed by atoms with Gasteiger partial charge in [-0.25, -0.2) is 4.98 Å². The van der Waals surface area contributed by atoms with Crippen LogP contribution in [0.4, 0.5) is 5.95 Å². The average Bonchev–Trinajstić information content (AvgIpc) is 2.77. The minimum absolute atomic E-state index is 0.335. The molecule has 1 heterocycles. The molecule has 1 aliphatic rings. The molecular formula is C13H17N3O. The minimum Gasteiger partial charge on any atom is -0.497 e. The first-order valence-electron chi connectivity index (χ1n) is 5.84. The van der Waals surface area contributed by atoms with Gasteiger partial charge in [-0.15, -0.1) is 0 Å². The number of rotatable bonds is 2. The summed E-state index contributed by atoms with van der Waals surface area (Å²) in [5.74, 6) is 1.42. The van der Waals surface area contributed by atoms with Crippen LogP contribution >= 0.6 is 0 Å². The Morgan fingerprint density at radius 2 is 2.18 bits per heavy atom. The van der Waals surface area contributed by atoms with E-state index in [-0.39, 0.29) is 0 Å². The van der Waals surface area contributed by atoms with Gasteiger partial charge in [-0.3, -0.25) is 0 Å². The summed E-state index contributed by atoms with van der Waals surface area (Å²) in [6.45, 7) is 4.51. The topological polar surface area (TPSA) is 53.1 Å². The van der Waals surface area contributed by atoms with Crippen molar-refractivity contribution < 1.29 is 4.74 Å². The van der Waals surface area contributed by atoms with E-state index in [1.165, 1.54) is 0 Å². The molecule has 0 radical (unpaired) electrons. The number of hydrogen-bond acceptors (Lipinski definition) is 3. The number of nitrogen functional groups attached to an aromatic ring is 1. The lowest BCUT2D eigenvalue weighted by Crippen LogP contribution is -2.04. The molecule has 4 heteroatoms. The monoisotopic (exact) mass is 231 g/mol. The van der Waals surface area contributed by atoms with Gasteiger partial charge in [-0.1, -0.05) is 13.8 Å². The number of hydrogen-bond donors (Lipinski definition) is 1. The summed E-state index contributed by atoms with van der Waals surface area (Å²) in [7, 11) is 1.66. The number of nitrogens with two attached hydrogens (primary N) is 1. The average molecular weight is 231 g/mol. The number of ether oxygens (including phenoxy) is 1. The molecule has 0 aliphatic heterocycles. The molecule has 3 rings (SSSR count). The summed E-state index contributed by atoms with van der Waals surface area (Å²) in [4.78, 5) is 4.41. The fourth-order valence-corrected chi connectivity index (χ4v) is 2.43. The van der Waals surface area contributed by atoms with Crippen LogP contribution in [-0.2, 0) is 0 Å². The minimum atomic E-state index is 0.335. The molecule has 1 aliphatic carbocycles. The normalized spacial score (nSPS) is 21.7. The van der Waals surface area contributed by atoms with Crippen LogP contribution < -0.4 is 10.5 Å². The third-order valence-corrected chi connectivity index (χ3v) is 3.70. The second-order valence-corrected chi connectivity index (χ2v) is 5.40. The van der Waals surface area contributed by atoms with Gasteiger partial charge in [0.25, 0.3) is 0 Å². The van der Waals surface area contributed by atoms with Crippen molar-refractivity contribution >= 4 is 17.0 Å². The Kier molecular flexibility index (Phi) is 1.94. The fourth-order valence-electron chi connectivity index (χ4n) is 2.43. The fraction of sp³-hybridized carbons (Fsp3) is 0.462. The molecule has 0 amide bonds. The summed E-state index contributed by atoms with van der Waals surface area (Å²) >= 11 is 0. The van der Waals surface area contributed by atoms with Crippen molar-refractivity contribution in [2.45, 2.75) is 26.3 Å². The van der Waals surface area contributed by atoms with E-state index in [2.05, 4.69) is 23.4 Å². The molecule has 1 aromatic heterocycles. The smallest absolute Gasteiger partial charge is 0.201 e. The van der Waals surface area contributed by atoms with Gasteiger partial charge in [0.2, 0.25) is 5.95 Å². The second-order valence-electron chi connectivity index (χ2n) is 5.40. The largest absolute Gasteiger partial charge is 0.497 e. The van der Waals surface area contributed by atoms with Gasteiger partial charge in [-0.2, -0.15) is 0 Å². The van der Waals surface area contributed by atoms with E-state index in [1.807, 2.05) is 18.2 Å².